The molecule has 2 rings (SSSR count). The van der Waals surface area contributed by atoms with Gasteiger partial charge in [-0.1, -0.05) is 0 Å². The van der Waals surface area contributed by atoms with Crippen LogP contribution in [0.15, 0.2) is 0 Å². The first-order chi connectivity index (χ1) is 8.39. The molecule has 104 valence electrons. The van der Waals surface area contributed by atoms with Crippen molar-refractivity contribution in [1.82, 2.24) is 5.32 Å². The number of halogens is 2. The highest BCUT2D eigenvalue weighted by atomic mass is 32.2. The van der Waals surface area contributed by atoms with Crippen LogP contribution in [-0.4, -0.2) is 40.1 Å². The molecule has 18 heavy (non-hydrogen) atoms. The lowest BCUT2D eigenvalue weighted by Crippen LogP contribution is -2.61. The third kappa shape index (κ3) is 2.37. The number of thioether (sulfide) groups is 1. The van der Waals surface area contributed by atoms with E-state index in [4.69, 9.17) is 0 Å². The molecule has 0 aromatic carbocycles. The second-order valence-corrected chi connectivity index (χ2v) is 6.44. The summed E-state index contributed by atoms with van der Waals surface area (Å²) in [6, 6.07) is -0.176. The summed E-state index contributed by atoms with van der Waals surface area (Å²) in [4.78, 5) is 11.6. The van der Waals surface area contributed by atoms with Gasteiger partial charge in [-0.25, -0.2) is 0 Å². The molecular weight excluding hydrogens is 260 g/mol. The lowest BCUT2D eigenvalue weighted by atomic mass is 9.75. The van der Waals surface area contributed by atoms with Crippen LogP contribution >= 0.6 is 11.8 Å². The molecule has 2 atom stereocenters. The first-order valence-electron chi connectivity index (χ1n) is 6.33. The van der Waals surface area contributed by atoms with Crippen LogP contribution < -0.4 is 5.32 Å². The summed E-state index contributed by atoms with van der Waals surface area (Å²) < 4.78 is 27.6. The van der Waals surface area contributed by atoms with Crippen LogP contribution in [0.3, 0.4) is 0 Å². The minimum atomic E-state index is -3.66. The highest BCUT2D eigenvalue weighted by Gasteiger charge is 2.61. The van der Waals surface area contributed by atoms with Crippen LogP contribution in [0.25, 0.3) is 0 Å². The Kier molecular flexibility index (Phi) is 3.88. The van der Waals surface area contributed by atoms with Gasteiger partial charge in [-0.15, -0.1) is 0 Å². The van der Waals surface area contributed by atoms with Crippen molar-refractivity contribution in [2.24, 2.45) is 0 Å². The summed E-state index contributed by atoms with van der Waals surface area (Å²) in [5, 5.41) is 12.5. The molecule has 2 aliphatic carbocycles. The van der Waals surface area contributed by atoms with Crippen molar-refractivity contribution in [2.45, 2.75) is 61.3 Å². The highest BCUT2D eigenvalue weighted by molar-refractivity contribution is 7.99. The predicted molar refractivity (Wildman–Crippen MR) is 66.8 cm³/mol. The number of carbonyl (C=O) groups is 1. The normalized spacial score (nSPS) is 30.9. The Morgan fingerprint density at radius 1 is 1.44 bits per heavy atom. The number of carbonyl (C=O) groups excluding carboxylic acids is 1. The maximum absolute atomic E-state index is 13.8. The van der Waals surface area contributed by atoms with E-state index >= 15 is 0 Å². The molecule has 0 saturated heterocycles. The largest absolute Gasteiger partial charge is 0.383 e. The fraction of sp³-hybridized carbons (Fsp3) is 0.917. The van der Waals surface area contributed by atoms with E-state index < -0.39 is 17.4 Å². The van der Waals surface area contributed by atoms with Crippen LogP contribution in [0.1, 0.15) is 38.5 Å². The smallest absolute Gasteiger partial charge is 0.352 e. The zero-order valence-corrected chi connectivity index (χ0v) is 11.2. The predicted octanol–water partition coefficient (Wildman–Crippen LogP) is 1.94. The molecular formula is C12H19F2NO2S. The van der Waals surface area contributed by atoms with Crippen molar-refractivity contribution in [1.29, 1.82) is 0 Å². The van der Waals surface area contributed by atoms with Crippen molar-refractivity contribution < 1.29 is 18.7 Å². The van der Waals surface area contributed by atoms with Crippen molar-refractivity contribution in [3.8, 4) is 0 Å². The zero-order valence-electron chi connectivity index (χ0n) is 10.4. The Labute approximate surface area is 110 Å². The molecule has 0 spiro atoms. The first kappa shape index (κ1) is 14.1. The van der Waals surface area contributed by atoms with Gasteiger partial charge in [0.15, 0.2) is 0 Å². The van der Waals surface area contributed by atoms with Crippen LogP contribution in [0.5, 0.6) is 0 Å². The Morgan fingerprint density at radius 2 is 2.11 bits per heavy atom. The molecule has 2 unspecified atom stereocenters. The summed E-state index contributed by atoms with van der Waals surface area (Å²) in [6.07, 6.45) is 4.98. The second-order valence-electron chi connectivity index (χ2n) is 5.30. The summed E-state index contributed by atoms with van der Waals surface area (Å²) in [5.41, 5.74) is -2.12. The minimum Gasteiger partial charge on any atom is -0.383 e. The minimum absolute atomic E-state index is 0.00548. The number of nitrogens with one attached hydrogen (secondary N) is 1. The lowest BCUT2D eigenvalue weighted by Gasteiger charge is -2.41. The molecule has 2 aliphatic rings. The number of alkyl halides is 2. The number of hydrogen-bond acceptors (Lipinski definition) is 3. The van der Waals surface area contributed by atoms with E-state index in [1.807, 2.05) is 6.26 Å². The molecule has 0 heterocycles. The Balaban J connectivity index is 1.91. The lowest BCUT2D eigenvalue weighted by molar-refractivity contribution is -0.216. The van der Waals surface area contributed by atoms with E-state index in [9.17, 15) is 18.7 Å². The average Bonchev–Trinajstić information content (AvgIpc) is 2.73. The van der Waals surface area contributed by atoms with Crippen LogP contribution in [-0.2, 0) is 4.79 Å². The van der Waals surface area contributed by atoms with Crippen molar-refractivity contribution in [2.75, 3.05) is 6.26 Å². The molecule has 1 amide bonds. The number of aliphatic hydroxyl groups is 1. The molecule has 6 heteroatoms. The van der Waals surface area contributed by atoms with E-state index in [-0.39, 0.29) is 18.9 Å². The monoisotopic (exact) mass is 279 g/mol. The third-order valence-corrected chi connectivity index (χ3v) is 5.20. The van der Waals surface area contributed by atoms with Gasteiger partial charge in [-0.3, -0.25) is 4.79 Å². The molecule has 2 saturated carbocycles. The van der Waals surface area contributed by atoms with Crippen LogP contribution in [0.2, 0.25) is 0 Å². The standard InChI is InChI=1S/C12H19F2NO2S/c1-18-9-4-3-8(7-9)15-10(16)12(13,14)11(17)5-2-6-11/h8-9,17H,2-7H2,1H3,(H,15,16). The number of hydrogen-bond donors (Lipinski definition) is 2. The molecule has 0 aliphatic heterocycles. The maximum Gasteiger partial charge on any atom is 0.352 e. The van der Waals surface area contributed by atoms with Gasteiger partial charge in [-0.2, -0.15) is 20.5 Å². The molecule has 0 bridgehead atoms. The Hall–Kier alpha value is -0.360. The average molecular weight is 279 g/mol. The topological polar surface area (TPSA) is 49.3 Å². The fourth-order valence-corrected chi connectivity index (χ4v) is 3.39. The van der Waals surface area contributed by atoms with Gasteiger partial charge in [0.1, 0.15) is 5.60 Å². The van der Waals surface area contributed by atoms with E-state index in [0.29, 0.717) is 11.7 Å². The highest BCUT2D eigenvalue weighted by Crippen LogP contribution is 2.44. The van der Waals surface area contributed by atoms with E-state index in [1.165, 1.54) is 0 Å². The summed E-state index contributed by atoms with van der Waals surface area (Å²) >= 11 is 1.70. The van der Waals surface area contributed by atoms with E-state index in [0.717, 1.165) is 19.3 Å². The second kappa shape index (κ2) is 4.96. The SMILES string of the molecule is CSC1CCC(NC(=O)C(F)(F)C2(O)CCC2)C1. The van der Waals surface area contributed by atoms with E-state index in [2.05, 4.69) is 5.32 Å². The zero-order chi connectivity index (χ0) is 13.4. The Bertz CT molecular complexity index is 334. The number of rotatable bonds is 4. The fourth-order valence-electron chi connectivity index (χ4n) is 2.60. The summed E-state index contributed by atoms with van der Waals surface area (Å²) in [5.74, 6) is -4.97. The van der Waals surface area contributed by atoms with Crippen molar-refractivity contribution in [3.63, 3.8) is 0 Å². The Morgan fingerprint density at radius 3 is 2.56 bits per heavy atom. The van der Waals surface area contributed by atoms with Crippen LogP contribution in [0, 0.1) is 0 Å². The van der Waals surface area contributed by atoms with Gasteiger partial charge < -0.3 is 10.4 Å². The molecule has 0 aromatic rings. The van der Waals surface area contributed by atoms with Gasteiger partial charge in [0.05, 0.1) is 0 Å². The molecule has 0 radical (unpaired) electrons. The van der Waals surface area contributed by atoms with Gasteiger partial charge >= 0.3 is 5.92 Å². The van der Waals surface area contributed by atoms with Gasteiger partial charge in [-0.05, 0) is 44.8 Å². The van der Waals surface area contributed by atoms with Crippen LogP contribution in [0.4, 0.5) is 8.78 Å². The summed E-state index contributed by atoms with van der Waals surface area (Å²) in [6.45, 7) is 0. The van der Waals surface area contributed by atoms with Gasteiger partial charge in [0.25, 0.3) is 5.91 Å². The van der Waals surface area contributed by atoms with Gasteiger partial charge in [0, 0.05) is 11.3 Å². The molecule has 2 fully saturated rings. The maximum atomic E-state index is 13.8. The summed E-state index contributed by atoms with van der Waals surface area (Å²) in [7, 11) is 0. The number of amides is 1. The van der Waals surface area contributed by atoms with Gasteiger partial charge in [0.2, 0.25) is 0 Å². The molecule has 2 N–H and O–H groups in total. The van der Waals surface area contributed by atoms with Crippen molar-refractivity contribution in [3.05, 3.63) is 0 Å². The quantitative estimate of drug-likeness (QED) is 0.827. The third-order valence-electron chi connectivity index (χ3n) is 4.10. The van der Waals surface area contributed by atoms with Crippen molar-refractivity contribution >= 4 is 17.7 Å². The van der Waals surface area contributed by atoms with E-state index in [1.54, 1.807) is 11.8 Å². The molecule has 3 nitrogen and oxygen atoms in total. The first-order valence-corrected chi connectivity index (χ1v) is 7.62. The molecule has 0 aromatic heterocycles.